The van der Waals surface area contributed by atoms with Crippen LogP contribution in [0.1, 0.15) is 37.7 Å². The summed E-state index contributed by atoms with van der Waals surface area (Å²) in [4.78, 5) is 17.0. The number of rotatable bonds is 4. The smallest absolute Gasteiger partial charge is 0.243 e. The number of carbonyl (C=O) groups is 1. The second-order valence-corrected chi connectivity index (χ2v) is 11.3. The first-order valence-corrected chi connectivity index (χ1v) is 13.2. The molecule has 0 spiro atoms. The molecule has 0 bridgehead atoms. The van der Waals surface area contributed by atoms with E-state index >= 15 is 0 Å². The molecule has 1 aromatic rings. The SMILES string of the molecule is O=C(CSC(=S)N1CCCC1)N1CCc2cc(S(=O)(=O)N3CCCCC3)ccc21. The summed E-state index contributed by atoms with van der Waals surface area (Å²) >= 11 is 6.88. The van der Waals surface area contributed by atoms with Crippen molar-refractivity contribution in [3.63, 3.8) is 0 Å². The zero-order valence-corrected chi connectivity index (χ0v) is 19.0. The van der Waals surface area contributed by atoms with E-state index < -0.39 is 10.0 Å². The molecule has 0 radical (unpaired) electrons. The summed E-state index contributed by atoms with van der Waals surface area (Å²) in [6.45, 7) is 3.76. The van der Waals surface area contributed by atoms with Crippen molar-refractivity contribution in [2.45, 2.75) is 43.4 Å². The molecule has 0 N–H and O–H groups in total. The Labute approximate surface area is 182 Å². The highest BCUT2D eigenvalue weighted by Crippen LogP contribution is 2.32. The van der Waals surface area contributed by atoms with Crippen molar-refractivity contribution >= 4 is 49.9 Å². The quantitative estimate of drug-likeness (QED) is 0.654. The van der Waals surface area contributed by atoms with Crippen molar-refractivity contribution in [3.8, 4) is 0 Å². The maximum atomic E-state index is 12.9. The van der Waals surface area contributed by atoms with Gasteiger partial charge in [-0.15, -0.1) is 0 Å². The molecule has 0 atom stereocenters. The van der Waals surface area contributed by atoms with Gasteiger partial charge in [-0.05, 0) is 55.9 Å². The fraction of sp³-hybridized carbons (Fsp3) is 0.600. The lowest BCUT2D eigenvalue weighted by Crippen LogP contribution is -2.35. The molecular formula is C20H27N3O3S3. The third-order valence-electron chi connectivity index (χ3n) is 5.88. The van der Waals surface area contributed by atoms with Crippen LogP contribution in [0.25, 0.3) is 0 Å². The van der Waals surface area contributed by atoms with Crippen LogP contribution in [0.15, 0.2) is 23.1 Å². The maximum absolute atomic E-state index is 12.9. The van der Waals surface area contributed by atoms with E-state index in [0.717, 1.165) is 60.8 Å². The van der Waals surface area contributed by atoms with Crippen molar-refractivity contribution in [1.29, 1.82) is 0 Å². The summed E-state index contributed by atoms with van der Waals surface area (Å²) in [7, 11) is -3.45. The van der Waals surface area contributed by atoms with Crippen LogP contribution in [0.5, 0.6) is 0 Å². The van der Waals surface area contributed by atoms with Crippen molar-refractivity contribution < 1.29 is 13.2 Å². The number of thioether (sulfide) groups is 1. The number of sulfonamides is 1. The number of fused-ring (bicyclic) bond motifs is 1. The summed E-state index contributed by atoms with van der Waals surface area (Å²) in [5.74, 6) is 0.352. The number of anilines is 1. The molecule has 3 aliphatic rings. The van der Waals surface area contributed by atoms with Crippen molar-refractivity contribution in [2.24, 2.45) is 0 Å². The van der Waals surface area contributed by atoms with Crippen LogP contribution in [0.4, 0.5) is 5.69 Å². The molecule has 1 amide bonds. The zero-order valence-electron chi connectivity index (χ0n) is 16.5. The molecule has 4 rings (SSSR count). The minimum absolute atomic E-state index is 0.0296. The average molecular weight is 454 g/mol. The van der Waals surface area contributed by atoms with Gasteiger partial charge in [-0.3, -0.25) is 4.79 Å². The molecule has 0 saturated carbocycles. The molecule has 3 heterocycles. The number of hydrogen-bond donors (Lipinski definition) is 0. The molecule has 6 nitrogen and oxygen atoms in total. The predicted octanol–water partition coefficient (Wildman–Crippen LogP) is 2.86. The first-order chi connectivity index (χ1) is 14.0. The number of thiocarbonyl (C=S) groups is 1. The molecule has 0 aromatic heterocycles. The van der Waals surface area contributed by atoms with Crippen LogP contribution >= 0.6 is 24.0 Å². The minimum Gasteiger partial charge on any atom is -0.358 e. The molecule has 158 valence electrons. The van der Waals surface area contributed by atoms with Gasteiger partial charge in [-0.2, -0.15) is 4.31 Å². The molecule has 0 aliphatic carbocycles. The van der Waals surface area contributed by atoms with E-state index in [4.69, 9.17) is 12.2 Å². The normalized spacial score (nSPS) is 20.1. The summed E-state index contributed by atoms with van der Waals surface area (Å²) in [6.07, 6.45) is 5.94. The molecule has 9 heteroatoms. The van der Waals surface area contributed by atoms with Crippen LogP contribution in [-0.4, -0.2) is 66.3 Å². The van der Waals surface area contributed by atoms with Crippen molar-refractivity contribution in [3.05, 3.63) is 23.8 Å². The summed E-state index contributed by atoms with van der Waals surface area (Å²) in [5.41, 5.74) is 1.77. The fourth-order valence-corrected chi connectivity index (χ4v) is 6.94. The molecular weight excluding hydrogens is 426 g/mol. The number of piperidine rings is 1. The highest BCUT2D eigenvalue weighted by molar-refractivity contribution is 8.23. The van der Waals surface area contributed by atoms with E-state index in [1.807, 2.05) is 0 Å². The largest absolute Gasteiger partial charge is 0.358 e. The Hall–Kier alpha value is -1.16. The molecule has 1 aromatic carbocycles. The zero-order chi connectivity index (χ0) is 20.4. The topological polar surface area (TPSA) is 60.9 Å². The third kappa shape index (κ3) is 4.47. The number of carbonyl (C=O) groups excluding carboxylic acids is 1. The maximum Gasteiger partial charge on any atom is 0.243 e. The average Bonchev–Trinajstić information content (AvgIpc) is 3.42. The predicted molar refractivity (Wildman–Crippen MR) is 121 cm³/mol. The molecule has 2 fully saturated rings. The lowest BCUT2D eigenvalue weighted by atomic mass is 10.2. The van der Waals surface area contributed by atoms with E-state index in [1.165, 1.54) is 11.8 Å². The number of amides is 1. The van der Waals surface area contributed by atoms with Crippen LogP contribution in [0, 0.1) is 0 Å². The molecule has 0 unspecified atom stereocenters. The van der Waals surface area contributed by atoms with Gasteiger partial charge >= 0.3 is 0 Å². The molecule has 3 aliphatic heterocycles. The van der Waals surface area contributed by atoms with Crippen LogP contribution in [0.2, 0.25) is 0 Å². The van der Waals surface area contributed by atoms with E-state index in [9.17, 15) is 13.2 Å². The van der Waals surface area contributed by atoms with E-state index in [0.29, 0.717) is 36.7 Å². The van der Waals surface area contributed by atoms with Gasteiger partial charge in [0.2, 0.25) is 15.9 Å². The Kier molecular flexibility index (Phi) is 6.48. The Balaban J connectivity index is 1.42. The van der Waals surface area contributed by atoms with Crippen LogP contribution < -0.4 is 4.90 Å². The number of hydrogen-bond acceptors (Lipinski definition) is 5. The van der Waals surface area contributed by atoms with Gasteiger partial charge in [0.1, 0.15) is 4.32 Å². The number of nitrogens with zero attached hydrogens (tertiary/aromatic N) is 3. The third-order valence-corrected chi connectivity index (χ3v) is 9.29. The summed E-state index contributed by atoms with van der Waals surface area (Å²) in [6, 6.07) is 5.20. The monoisotopic (exact) mass is 453 g/mol. The van der Waals surface area contributed by atoms with E-state index in [-0.39, 0.29) is 5.91 Å². The summed E-state index contributed by atoms with van der Waals surface area (Å²) < 4.78 is 28.3. The summed E-state index contributed by atoms with van der Waals surface area (Å²) in [5, 5.41) is 0. The Morgan fingerprint density at radius 3 is 2.41 bits per heavy atom. The van der Waals surface area contributed by atoms with Gasteiger partial charge in [0, 0.05) is 38.4 Å². The van der Waals surface area contributed by atoms with Crippen LogP contribution in [-0.2, 0) is 21.2 Å². The first kappa shape index (κ1) is 21.1. The highest BCUT2D eigenvalue weighted by atomic mass is 32.2. The second kappa shape index (κ2) is 8.91. The Morgan fingerprint density at radius 1 is 1.00 bits per heavy atom. The van der Waals surface area contributed by atoms with E-state index in [2.05, 4.69) is 4.90 Å². The number of benzene rings is 1. The standard InChI is InChI=1S/C20H27N3O3S3/c24-19(15-28-20(27)21-9-4-5-10-21)23-13-8-16-14-17(6-7-18(16)23)29(25,26)22-11-2-1-3-12-22/h6-7,14H,1-5,8-13,15H2. The van der Waals surface area contributed by atoms with Crippen LogP contribution in [0.3, 0.4) is 0 Å². The minimum atomic E-state index is -3.45. The van der Waals surface area contributed by atoms with Gasteiger partial charge in [-0.1, -0.05) is 30.4 Å². The van der Waals surface area contributed by atoms with E-state index in [1.54, 1.807) is 27.4 Å². The fourth-order valence-electron chi connectivity index (χ4n) is 4.24. The lowest BCUT2D eigenvalue weighted by molar-refractivity contribution is -0.116. The Bertz CT molecular complexity index is 891. The second-order valence-electron chi connectivity index (χ2n) is 7.80. The Morgan fingerprint density at radius 2 is 1.69 bits per heavy atom. The lowest BCUT2D eigenvalue weighted by Gasteiger charge is -2.26. The highest BCUT2D eigenvalue weighted by Gasteiger charge is 2.30. The van der Waals surface area contributed by atoms with Crippen molar-refractivity contribution in [2.75, 3.05) is 43.4 Å². The molecule has 29 heavy (non-hydrogen) atoms. The molecule has 2 saturated heterocycles. The number of likely N-dealkylation sites (tertiary alicyclic amines) is 1. The van der Waals surface area contributed by atoms with Gasteiger partial charge < -0.3 is 9.80 Å². The first-order valence-electron chi connectivity index (χ1n) is 10.3. The van der Waals surface area contributed by atoms with Gasteiger partial charge in [0.25, 0.3) is 0 Å². The van der Waals surface area contributed by atoms with Gasteiger partial charge in [-0.25, -0.2) is 8.42 Å². The van der Waals surface area contributed by atoms with Gasteiger partial charge in [0.05, 0.1) is 10.6 Å². The van der Waals surface area contributed by atoms with Gasteiger partial charge in [0.15, 0.2) is 0 Å². The van der Waals surface area contributed by atoms with Crippen molar-refractivity contribution in [1.82, 2.24) is 9.21 Å².